The number of hydrogen-bond acceptors (Lipinski definition) is 6. The van der Waals surface area contributed by atoms with E-state index in [4.69, 9.17) is 4.74 Å². The van der Waals surface area contributed by atoms with Crippen molar-refractivity contribution < 1.29 is 9.66 Å². The van der Waals surface area contributed by atoms with Crippen LogP contribution in [0.1, 0.15) is 42.4 Å². The van der Waals surface area contributed by atoms with E-state index < -0.39 is 4.92 Å². The molecule has 1 aromatic heterocycles. The van der Waals surface area contributed by atoms with Gasteiger partial charge in [0, 0.05) is 23.9 Å². The van der Waals surface area contributed by atoms with Gasteiger partial charge in [0.25, 0.3) is 5.69 Å². The van der Waals surface area contributed by atoms with Gasteiger partial charge in [0.1, 0.15) is 12.4 Å². The van der Waals surface area contributed by atoms with Gasteiger partial charge in [-0.1, -0.05) is 41.6 Å². The lowest BCUT2D eigenvalue weighted by molar-refractivity contribution is -0.384. The van der Waals surface area contributed by atoms with Gasteiger partial charge in [-0.05, 0) is 44.9 Å². The fourth-order valence-electron chi connectivity index (χ4n) is 2.99. The summed E-state index contributed by atoms with van der Waals surface area (Å²) in [4.78, 5) is 10.4. The van der Waals surface area contributed by atoms with Crippen LogP contribution in [-0.2, 0) is 12.4 Å². The molecule has 0 bridgehead atoms. The summed E-state index contributed by atoms with van der Waals surface area (Å²) in [6.45, 7) is 8.59. The highest BCUT2D eigenvalue weighted by molar-refractivity contribution is 7.98. The number of thioether (sulfide) groups is 1. The summed E-state index contributed by atoms with van der Waals surface area (Å²) in [5.74, 6) is 2.26. The Morgan fingerprint density at radius 3 is 2.48 bits per heavy atom. The maximum absolute atomic E-state index is 10.8. The molecule has 3 aromatic rings. The molecule has 29 heavy (non-hydrogen) atoms. The summed E-state index contributed by atoms with van der Waals surface area (Å²) in [7, 11) is 0. The first-order chi connectivity index (χ1) is 13.8. The number of nitro groups is 1. The minimum atomic E-state index is -0.394. The lowest BCUT2D eigenvalue weighted by atomic mass is 10.1. The number of nitrogens with zero attached hydrogens (tertiary/aromatic N) is 4. The monoisotopic (exact) mass is 412 g/mol. The van der Waals surface area contributed by atoms with Gasteiger partial charge in [-0.25, -0.2) is 0 Å². The van der Waals surface area contributed by atoms with Crippen LogP contribution in [0, 0.1) is 24.0 Å². The topological polar surface area (TPSA) is 83.1 Å². The third-order valence-corrected chi connectivity index (χ3v) is 5.47. The second-order valence-electron chi connectivity index (χ2n) is 7.13. The zero-order valence-corrected chi connectivity index (χ0v) is 17.8. The average molecular weight is 413 g/mol. The van der Waals surface area contributed by atoms with E-state index in [1.165, 1.54) is 17.7 Å². The molecule has 0 N–H and O–H groups in total. The van der Waals surface area contributed by atoms with E-state index in [9.17, 15) is 10.1 Å². The maximum Gasteiger partial charge on any atom is 0.269 e. The van der Waals surface area contributed by atoms with Gasteiger partial charge in [-0.15, -0.1) is 10.2 Å². The lowest BCUT2D eigenvalue weighted by Crippen LogP contribution is -2.10. The molecule has 1 heterocycles. The molecule has 7 nitrogen and oxygen atoms in total. The minimum Gasteiger partial charge on any atom is -0.485 e. The third-order valence-electron chi connectivity index (χ3n) is 4.45. The standard InChI is InChI=1S/C21H24N4O3S/c1-14(2)24-20(12-28-19-10-5-15(3)11-16(19)4)22-23-21(24)29-13-17-6-8-18(9-7-17)25(26)27/h5-11,14H,12-13H2,1-4H3. The van der Waals surface area contributed by atoms with Crippen LogP contribution in [0.5, 0.6) is 5.75 Å². The van der Waals surface area contributed by atoms with Crippen LogP contribution in [0.4, 0.5) is 5.69 Å². The highest BCUT2D eigenvalue weighted by atomic mass is 32.2. The smallest absolute Gasteiger partial charge is 0.269 e. The fraction of sp³-hybridized carbons (Fsp3) is 0.333. The van der Waals surface area contributed by atoms with Crippen LogP contribution >= 0.6 is 11.8 Å². The zero-order valence-electron chi connectivity index (χ0n) is 17.0. The quantitative estimate of drug-likeness (QED) is 0.285. The lowest BCUT2D eigenvalue weighted by Gasteiger charge is -2.15. The Hall–Kier alpha value is -2.87. The van der Waals surface area contributed by atoms with Crippen molar-refractivity contribution in [3.63, 3.8) is 0 Å². The Morgan fingerprint density at radius 1 is 1.14 bits per heavy atom. The molecule has 152 valence electrons. The molecule has 0 saturated heterocycles. The van der Waals surface area contributed by atoms with Gasteiger partial charge in [0.05, 0.1) is 4.92 Å². The highest BCUT2D eigenvalue weighted by Gasteiger charge is 2.16. The summed E-state index contributed by atoms with van der Waals surface area (Å²) in [5.41, 5.74) is 3.38. The number of nitro benzene ring substituents is 1. The van der Waals surface area contributed by atoms with E-state index in [0.717, 1.165) is 27.9 Å². The molecule has 0 radical (unpaired) electrons. The first-order valence-corrected chi connectivity index (χ1v) is 10.3. The molecule has 0 aliphatic rings. The van der Waals surface area contributed by atoms with Crippen molar-refractivity contribution in [3.8, 4) is 5.75 Å². The Kier molecular flexibility index (Phi) is 6.53. The van der Waals surface area contributed by atoms with E-state index >= 15 is 0 Å². The zero-order chi connectivity index (χ0) is 21.0. The summed E-state index contributed by atoms with van der Waals surface area (Å²) < 4.78 is 8.05. The molecular formula is C21H24N4O3S. The van der Waals surface area contributed by atoms with Gasteiger partial charge >= 0.3 is 0 Å². The van der Waals surface area contributed by atoms with E-state index in [-0.39, 0.29) is 11.7 Å². The van der Waals surface area contributed by atoms with Crippen LogP contribution in [-0.4, -0.2) is 19.7 Å². The molecule has 8 heteroatoms. The predicted octanol–water partition coefficient (Wildman–Crippen LogP) is 5.26. The number of aryl methyl sites for hydroxylation is 2. The molecule has 0 aliphatic carbocycles. The predicted molar refractivity (Wildman–Crippen MR) is 113 cm³/mol. The van der Waals surface area contributed by atoms with Gasteiger partial charge < -0.3 is 9.30 Å². The molecule has 0 unspecified atom stereocenters. The molecular weight excluding hydrogens is 388 g/mol. The number of hydrogen-bond donors (Lipinski definition) is 0. The number of non-ortho nitro benzene ring substituents is 1. The van der Waals surface area contributed by atoms with Crippen molar-refractivity contribution in [2.75, 3.05) is 0 Å². The summed E-state index contributed by atoms with van der Waals surface area (Å²) >= 11 is 1.55. The maximum atomic E-state index is 10.8. The molecule has 3 rings (SSSR count). The van der Waals surface area contributed by atoms with Crippen LogP contribution in [0.25, 0.3) is 0 Å². The van der Waals surface area contributed by atoms with Crippen molar-refractivity contribution in [3.05, 3.63) is 75.1 Å². The van der Waals surface area contributed by atoms with Crippen molar-refractivity contribution in [2.24, 2.45) is 0 Å². The molecule has 0 aliphatic heterocycles. The molecule has 0 saturated carbocycles. The van der Waals surface area contributed by atoms with Crippen molar-refractivity contribution in [1.82, 2.24) is 14.8 Å². The van der Waals surface area contributed by atoms with E-state index in [2.05, 4.69) is 41.6 Å². The van der Waals surface area contributed by atoms with Crippen LogP contribution in [0.2, 0.25) is 0 Å². The molecule has 0 atom stereocenters. The largest absolute Gasteiger partial charge is 0.485 e. The van der Waals surface area contributed by atoms with Gasteiger partial charge in [-0.3, -0.25) is 10.1 Å². The normalized spacial score (nSPS) is 11.1. The van der Waals surface area contributed by atoms with Gasteiger partial charge in [0.2, 0.25) is 0 Å². The molecule has 0 spiro atoms. The number of ether oxygens (including phenoxy) is 1. The highest BCUT2D eigenvalue weighted by Crippen LogP contribution is 2.27. The van der Waals surface area contributed by atoms with Crippen molar-refractivity contribution in [1.29, 1.82) is 0 Å². The van der Waals surface area contributed by atoms with E-state index in [1.807, 2.05) is 19.1 Å². The fourth-order valence-corrected chi connectivity index (χ4v) is 4.03. The van der Waals surface area contributed by atoms with Crippen molar-refractivity contribution in [2.45, 2.75) is 51.3 Å². The van der Waals surface area contributed by atoms with E-state index in [0.29, 0.717) is 12.4 Å². The number of benzene rings is 2. The Morgan fingerprint density at radius 2 is 1.86 bits per heavy atom. The summed E-state index contributed by atoms with van der Waals surface area (Å²) in [5, 5.41) is 20.2. The third kappa shape index (κ3) is 5.14. The Balaban J connectivity index is 1.70. The van der Waals surface area contributed by atoms with Gasteiger partial charge in [0.15, 0.2) is 11.0 Å². The number of aromatic nitrogens is 3. The summed E-state index contributed by atoms with van der Waals surface area (Å²) in [6, 6.07) is 12.9. The Labute approximate surface area is 174 Å². The first kappa shape index (κ1) is 20.9. The van der Waals surface area contributed by atoms with Gasteiger partial charge in [-0.2, -0.15) is 0 Å². The molecule has 2 aromatic carbocycles. The number of rotatable bonds is 8. The molecule has 0 fully saturated rings. The van der Waals surface area contributed by atoms with Crippen LogP contribution in [0.15, 0.2) is 47.6 Å². The van der Waals surface area contributed by atoms with Crippen molar-refractivity contribution >= 4 is 17.4 Å². The summed E-state index contributed by atoms with van der Waals surface area (Å²) in [6.07, 6.45) is 0. The SMILES string of the molecule is Cc1ccc(OCc2nnc(SCc3ccc([N+](=O)[O-])cc3)n2C(C)C)c(C)c1. The second-order valence-corrected chi connectivity index (χ2v) is 8.07. The molecule has 0 amide bonds. The minimum absolute atomic E-state index is 0.0925. The first-order valence-electron chi connectivity index (χ1n) is 9.35. The van der Waals surface area contributed by atoms with Crippen LogP contribution in [0.3, 0.4) is 0 Å². The average Bonchev–Trinajstić information content (AvgIpc) is 3.09. The second kappa shape index (κ2) is 9.09. The van der Waals surface area contributed by atoms with Crippen LogP contribution < -0.4 is 4.74 Å². The Bertz CT molecular complexity index is 1000. The van der Waals surface area contributed by atoms with E-state index in [1.54, 1.807) is 23.9 Å².